The van der Waals surface area contributed by atoms with Gasteiger partial charge in [-0.1, -0.05) is 38.8 Å². The quantitative estimate of drug-likeness (QED) is 0.718. The molecule has 1 aliphatic heterocycles. The number of ether oxygens (including phenoxy) is 2. The molecule has 0 N–H and O–H groups in total. The van der Waals surface area contributed by atoms with Crippen molar-refractivity contribution in [2.24, 2.45) is 11.3 Å². The average molecular weight is 342 g/mol. The molecule has 0 spiro atoms. The Morgan fingerprint density at radius 3 is 2.12 bits per heavy atom. The molecule has 1 aliphatic carbocycles. The Morgan fingerprint density at radius 1 is 0.958 bits per heavy atom. The number of hydrogen-bond acceptors (Lipinski definition) is 2. The normalized spacial score (nSPS) is 28.7. The molecule has 0 aromatic heterocycles. The highest BCUT2D eigenvalue weighted by molar-refractivity contribution is 5.28. The maximum atomic E-state index is 12.8. The number of hydrogen-bond donors (Lipinski definition) is 0. The van der Waals surface area contributed by atoms with Gasteiger partial charge in [0.15, 0.2) is 6.29 Å². The summed E-state index contributed by atoms with van der Waals surface area (Å²) in [5, 5.41) is 0. The third-order valence-electron chi connectivity index (χ3n) is 5.11. The van der Waals surface area contributed by atoms with Crippen molar-refractivity contribution in [3.8, 4) is 0 Å². The first kappa shape index (κ1) is 17.7. The molecule has 1 saturated carbocycles. The molecule has 0 bridgehead atoms. The van der Waals surface area contributed by atoms with E-state index in [1.165, 1.54) is 12.1 Å². The van der Waals surface area contributed by atoms with E-state index in [0.29, 0.717) is 13.2 Å². The van der Waals surface area contributed by atoms with Gasteiger partial charge in [0, 0.05) is 11.3 Å². The highest BCUT2D eigenvalue weighted by Crippen LogP contribution is 2.43. The molecule has 3 rings (SSSR count). The predicted octanol–water partition coefficient (Wildman–Crippen LogP) is 5.38. The number of rotatable bonds is 2. The molecule has 2 fully saturated rings. The van der Waals surface area contributed by atoms with Gasteiger partial charge in [0.05, 0.1) is 18.8 Å². The summed E-state index contributed by atoms with van der Waals surface area (Å²) >= 11 is 0. The minimum absolute atomic E-state index is 0.0228. The van der Waals surface area contributed by atoms with Crippen LogP contribution in [0.25, 0.3) is 0 Å². The maximum Gasteiger partial charge on any atom is 0.416 e. The van der Waals surface area contributed by atoms with Gasteiger partial charge in [-0.2, -0.15) is 13.2 Å². The van der Waals surface area contributed by atoms with E-state index in [1.54, 1.807) is 12.1 Å². The van der Waals surface area contributed by atoms with Gasteiger partial charge in [-0.3, -0.25) is 0 Å². The molecule has 1 heterocycles. The fourth-order valence-electron chi connectivity index (χ4n) is 3.77. The van der Waals surface area contributed by atoms with E-state index >= 15 is 0 Å². The standard InChI is InChI=1S/C19H25F3O2/c1-18(2)11-23-17(24-12-18)16-6-4-3-5-15(16)13-7-9-14(10-8-13)19(20,21)22/h7-10,15-17H,3-6,11-12H2,1-2H3/t15-,16+/m0/s1. The highest BCUT2D eigenvalue weighted by Gasteiger charge is 2.39. The van der Waals surface area contributed by atoms with Crippen LogP contribution in [0.5, 0.6) is 0 Å². The van der Waals surface area contributed by atoms with Crippen LogP contribution in [0.4, 0.5) is 13.2 Å². The van der Waals surface area contributed by atoms with Crippen LogP contribution in [-0.2, 0) is 15.7 Å². The van der Waals surface area contributed by atoms with Crippen LogP contribution in [0.3, 0.4) is 0 Å². The van der Waals surface area contributed by atoms with Crippen molar-refractivity contribution >= 4 is 0 Å². The Morgan fingerprint density at radius 2 is 1.54 bits per heavy atom. The SMILES string of the molecule is CC1(C)COC([C@@H]2CCCC[C@H]2c2ccc(C(F)(F)F)cc2)OC1. The van der Waals surface area contributed by atoms with Crippen molar-refractivity contribution in [3.63, 3.8) is 0 Å². The van der Waals surface area contributed by atoms with Gasteiger partial charge in [-0.05, 0) is 36.5 Å². The van der Waals surface area contributed by atoms with Crippen molar-refractivity contribution < 1.29 is 22.6 Å². The van der Waals surface area contributed by atoms with Crippen molar-refractivity contribution in [1.29, 1.82) is 0 Å². The lowest BCUT2D eigenvalue weighted by Crippen LogP contribution is -2.43. The minimum Gasteiger partial charge on any atom is -0.352 e. The van der Waals surface area contributed by atoms with Crippen LogP contribution in [0.1, 0.15) is 56.6 Å². The van der Waals surface area contributed by atoms with E-state index in [4.69, 9.17) is 9.47 Å². The zero-order valence-corrected chi connectivity index (χ0v) is 14.2. The van der Waals surface area contributed by atoms with E-state index in [0.717, 1.165) is 31.2 Å². The molecule has 1 aromatic carbocycles. The van der Waals surface area contributed by atoms with E-state index in [-0.39, 0.29) is 23.5 Å². The summed E-state index contributed by atoms with van der Waals surface area (Å²) in [5.74, 6) is 0.416. The zero-order chi connectivity index (χ0) is 17.4. The third kappa shape index (κ3) is 3.94. The Kier molecular flexibility index (Phi) is 4.94. The second-order valence-corrected chi connectivity index (χ2v) is 7.83. The van der Waals surface area contributed by atoms with Crippen LogP contribution in [0.15, 0.2) is 24.3 Å². The molecule has 2 atom stereocenters. The van der Waals surface area contributed by atoms with E-state index in [9.17, 15) is 13.2 Å². The Hall–Kier alpha value is -1.07. The molecule has 5 heteroatoms. The van der Waals surface area contributed by atoms with Crippen LogP contribution in [0, 0.1) is 11.3 Å². The molecule has 2 nitrogen and oxygen atoms in total. The second-order valence-electron chi connectivity index (χ2n) is 7.83. The topological polar surface area (TPSA) is 18.5 Å². The lowest BCUT2D eigenvalue weighted by atomic mass is 9.74. The molecule has 0 radical (unpaired) electrons. The largest absolute Gasteiger partial charge is 0.416 e. The molecule has 0 amide bonds. The summed E-state index contributed by atoms with van der Waals surface area (Å²) in [6.07, 6.45) is -0.342. The minimum atomic E-state index is -4.29. The zero-order valence-electron chi connectivity index (χ0n) is 14.2. The molecular formula is C19H25F3O2. The molecular weight excluding hydrogens is 317 g/mol. The van der Waals surface area contributed by atoms with Crippen LogP contribution in [0.2, 0.25) is 0 Å². The Balaban J connectivity index is 1.75. The van der Waals surface area contributed by atoms with Crippen molar-refractivity contribution in [3.05, 3.63) is 35.4 Å². The third-order valence-corrected chi connectivity index (χ3v) is 5.11. The lowest BCUT2D eigenvalue weighted by Gasteiger charge is -2.42. The van der Waals surface area contributed by atoms with Crippen LogP contribution >= 0.6 is 0 Å². The number of alkyl halides is 3. The first-order valence-corrected chi connectivity index (χ1v) is 8.67. The monoisotopic (exact) mass is 342 g/mol. The fraction of sp³-hybridized carbons (Fsp3) is 0.684. The molecule has 24 heavy (non-hydrogen) atoms. The average Bonchev–Trinajstić information content (AvgIpc) is 2.54. The molecule has 134 valence electrons. The van der Waals surface area contributed by atoms with Crippen molar-refractivity contribution in [1.82, 2.24) is 0 Å². The van der Waals surface area contributed by atoms with Gasteiger partial charge >= 0.3 is 6.18 Å². The van der Waals surface area contributed by atoms with Gasteiger partial charge in [0.1, 0.15) is 0 Å². The van der Waals surface area contributed by atoms with E-state index in [2.05, 4.69) is 13.8 Å². The summed E-state index contributed by atoms with van der Waals surface area (Å²) in [5.41, 5.74) is 0.393. The van der Waals surface area contributed by atoms with Crippen LogP contribution in [-0.4, -0.2) is 19.5 Å². The summed E-state index contributed by atoms with van der Waals surface area (Å²) in [4.78, 5) is 0. The lowest BCUT2D eigenvalue weighted by molar-refractivity contribution is -0.249. The van der Waals surface area contributed by atoms with Crippen molar-refractivity contribution in [2.45, 2.75) is 57.9 Å². The summed E-state index contributed by atoms with van der Waals surface area (Å²) in [7, 11) is 0. The Bertz CT molecular complexity index is 541. The molecule has 0 unspecified atom stereocenters. The number of halogens is 3. The number of benzene rings is 1. The molecule has 1 saturated heterocycles. The van der Waals surface area contributed by atoms with Crippen molar-refractivity contribution in [2.75, 3.05) is 13.2 Å². The summed E-state index contributed by atoms with van der Waals surface area (Å²) in [6, 6.07) is 5.62. The maximum absolute atomic E-state index is 12.8. The summed E-state index contributed by atoms with van der Waals surface area (Å²) in [6.45, 7) is 5.54. The highest BCUT2D eigenvalue weighted by atomic mass is 19.4. The first-order valence-electron chi connectivity index (χ1n) is 8.67. The second kappa shape index (κ2) is 6.68. The predicted molar refractivity (Wildman–Crippen MR) is 85.6 cm³/mol. The smallest absolute Gasteiger partial charge is 0.352 e. The van der Waals surface area contributed by atoms with Crippen LogP contribution < -0.4 is 0 Å². The molecule has 1 aromatic rings. The summed E-state index contributed by atoms with van der Waals surface area (Å²) < 4.78 is 50.2. The van der Waals surface area contributed by atoms with Gasteiger partial charge in [0.2, 0.25) is 0 Å². The van der Waals surface area contributed by atoms with E-state index < -0.39 is 11.7 Å². The molecule has 2 aliphatic rings. The Labute approximate surface area is 141 Å². The first-order chi connectivity index (χ1) is 11.3. The van der Waals surface area contributed by atoms with Gasteiger partial charge < -0.3 is 9.47 Å². The fourth-order valence-corrected chi connectivity index (χ4v) is 3.77. The van der Waals surface area contributed by atoms with Gasteiger partial charge in [0.25, 0.3) is 0 Å². The van der Waals surface area contributed by atoms with Gasteiger partial charge in [-0.15, -0.1) is 0 Å². The van der Waals surface area contributed by atoms with Gasteiger partial charge in [-0.25, -0.2) is 0 Å². The van der Waals surface area contributed by atoms with E-state index in [1.807, 2.05) is 0 Å².